The predicted octanol–water partition coefficient (Wildman–Crippen LogP) is 3.22. The molecule has 0 unspecified atom stereocenters. The minimum Gasteiger partial charge on any atom is -0.364 e. The van der Waals surface area contributed by atoms with Crippen molar-refractivity contribution < 1.29 is 0 Å². The molecular formula is C10H10BrN3S. The molecule has 0 radical (unpaired) electrons. The molecule has 2 heterocycles. The van der Waals surface area contributed by atoms with Crippen LogP contribution >= 0.6 is 27.3 Å². The van der Waals surface area contributed by atoms with Gasteiger partial charge in [0.05, 0.1) is 6.54 Å². The Kier molecular flexibility index (Phi) is 3.33. The van der Waals surface area contributed by atoms with Crippen molar-refractivity contribution in [2.45, 2.75) is 13.5 Å². The summed E-state index contributed by atoms with van der Waals surface area (Å²) in [4.78, 5) is 8.58. The molecule has 0 aliphatic rings. The molecule has 1 N–H and O–H groups in total. The number of thiazole rings is 1. The first-order chi connectivity index (χ1) is 7.24. The van der Waals surface area contributed by atoms with Gasteiger partial charge in [0.1, 0.15) is 10.8 Å². The van der Waals surface area contributed by atoms with Crippen LogP contribution in [0.2, 0.25) is 0 Å². The number of pyridine rings is 1. The first-order valence-corrected chi connectivity index (χ1v) is 6.18. The summed E-state index contributed by atoms with van der Waals surface area (Å²) in [6, 6.07) is 3.90. The van der Waals surface area contributed by atoms with Crippen molar-refractivity contribution in [3.05, 3.63) is 38.9 Å². The number of rotatable bonds is 3. The Labute approximate surface area is 101 Å². The largest absolute Gasteiger partial charge is 0.364 e. The molecule has 0 aliphatic carbocycles. The Balaban J connectivity index is 1.96. The van der Waals surface area contributed by atoms with Crippen LogP contribution < -0.4 is 5.32 Å². The highest BCUT2D eigenvalue weighted by atomic mass is 79.9. The van der Waals surface area contributed by atoms with Crippen LogP contribution in [0, 0.1) is 6.92 Å². The molecule has 2 aromatic rings. The van der Waals surface area contributed by atoms with Gasteiger partial charge in [-0.1, -0.05) is 0 Å². The van der Waals surface area contributed by atoms with Gasteiger partial charge in [-0.3, -0.25) is 0 Å². The summed E-state index contributed by atoms with van der Waals surface area (Å²) in [7, 11) is 0. The van der Waals surface area contributed by atoms with Gasteiger partial charge in [-0.05, 0) is 35.0 Å². The lowest BCUT2D eigenvalue weighted by atomic mass is 10.4. The number of aromatic nitrogens is 2. The molecular weight excluding hydrogens is 274 g/mol. The summed E-state index contributed by atoms with van der Waals surface area (Å²) in [6.45, 7) is 2.73. The minimum absolute atomic E-state index is 0.729. The zero-order chi connectivity index (χ0) is 10.7. The molecule has 15 heavy (non-hydrogen) atoms. The average Bonchev–Trinajstić information content (AvgIpc) is 2.64. The summed E-state index contributed by atoms with van der Waals surface area (Å²) in [5.41, 5.74) is 1.07. The SMILES string of the molecule is Cc1csc(CNc2ccc(Br)cn2)n1. The van der Waals surface area contributed by atoms with Gasteiger partial charge in [0.25, 0.3) is 0 Å². The summed E-state index contributed by atoms with van der Waals surface area (Å²) >= 11 is 5.01. The monoisotopic (exact) mass is 283 g/mol. The number of hydrogen-bond donors (Lipinski definition) is 1. The van der Waals surface area contributed by atoms with Crippen LogP contribution in [0.5, 0.6) is 0 Å². The third-order valence-corrected chi connectivity index (χ3v) is 3.25. The van der Waals surface area contributed by atoms with Gasteiger partial charge in [-0.25, -0.2) is 9.97 Å². The van der Waals surface area contributed by atoms with Gasteiger partial charge < -0.3 is 5.32 Å². The van der Waals surface area contributed by atoms with Crippen LogP contribution in [0.1, 0.15) is 10.7 Å². The maximum atomic E-state index is 4.36. The smallest absolute Gasteiger partial charge is 0.126 e. The second-order valence-corrected chi connectivity index (χ2v) is 4.96. The second kappa shape index (κ2) is 4.72. The normalized spacial score (nSPS) is 10.3. The molecule has 0 saturated carbocycles. The molecule has 0 saturated heterocycles. The van der Waals surface area contributed by atoms with Gasteiger partial charge in [-0.2, -0.15) is 0 Å². The number of anilines is 1. The third-order valence-electron chi connectivity index (χ3n) is 1.81. The fraction of sp³-hybridized carbons (Fsp3) is 0.200. The molecule has 78 valence electrons. The Hall–Kier alpha value is -0.940. The van der Waals surface area contributed by atoms with E-state index in [1.54, 1.807) is 17.5 Å². The Morgan fingerprint density at radius 1 is 1.47 bits per heavy atom. The maximum Gasteiger partial charge on any atom is 0.126 e. The number of nitrogens with zero attached hydrogens (tertiary/aromatic N) is 2. The van der Waals surface area contributed by atoms with Gasteiger partial charge in [-0.15, -0.1) is 11.3 Å². The lowest BCUT2D eigenvalue weighted by molar-refractivity contribution is 1.06. The van der Waals surface area contributed by atoms with Crippen molar-refractivity contribution in [1.82, 2.24) is 9.97 Å². The minimum atomic E-state index is 0.729. The summed E-state index contributed by atoms with van der Waals surface area (Å²) < 4.78 is 0.984. The highest BCUT2D eigenvalue weighted by Crippen LogP contribution is 2.13. The van der Waals surface area contributed by atoms with Gasteiger partial charge in [0.2, 0.25) is 0 Å². The van der Waals surface area contributed by atoms with E-state index >= 15 is 0 Å². The Morgan fingerprint density at radius 3 is 2.93 bits per heavy atom. The van der Waals surface area contributed by atoms with Gasteiger partial charge >= 0.3 is 0 Å². The van der Waals surface area contributed by atoms with E-state index in [9.17, 15) is 0 Å². The molecule has 0 bridgehead atoms. The van der Waals surface area contributed by atoms with Crippen molar-refractivity contribution >= 4 is 33.1 Å². The summed E-state index contributed by atoms with van der Waals surface area (Å²) in [5.74, 6) is 0.867. The fourth-order valence-corrected chi connectivity index (χ4v) is 2.08. The summed E-state index contributed by atoms with van der Waals surface area (Å²) in [6.07, 6.45) is 1.77. The number of aryl methyl sites for hydroxylation is 1. The fourth-order valence-electron chi connectivity index (χ4n) is 1.13. The highest BCUT2D eigenvalue weighted by Gasteiger charge is 1.98. The first-order valence-electron chi connectivity index (χ1n) is 4.50. The number of halogens is 1. The lowest BCUT2D eigenvalue weighted by Gasteiger charge is -2.02. The van der Waals surface area contributed by atoms with Gasteiger partial charge in [0.15, 0.2) is 0 Å². The maximum absolute atomic E-state index is 4.36. The number of nitrogens with one attached hydrogen (secondary N) is 1. The van der Waals surface area contributed by atoms with Crippen LogP contribution in [-0.2, 0) is 6.54 Å². The van der Waals surface area contributed by atoms with E-state index in [4.69, 9.17) is 0 Å². The van der Waals surface area contributed by atoms with E-state index in [1.807, 2.05) is 24.4 Å². The van der Waals surface area contributed by atoms with Crippen molar-refractivity contribution in [2.24, 2.45) is 0 Å². The average molecular weight is 284 g/mol. The molecule has 0 fully saturated rings. The van der Waals surface area contributed by atoms with Crippen LogP contribution in [0.4, 0.5) is 5.82 Å². The topological polar surface area (TPSA) is 37.8 Å². The first kappa shape index (κ1) is 10.6. The van der Waals surface area contributed by atoms with Crippen molar-refractivity contribution in [3.8, 4) is 0 Å². The molecule has 0 amide bonds. The Morgan fingerprint density at radius 2 is 2.33 bits per heavy atom. The molecule has 5 heteroatoms. The Bertz CT molecular complexity index is 438. The molecule has 2 aromatic heterocycles. The van der Waals surface area contributed by atoms with Crippen molar-refractivity contribution in [1.29, 1.82) is 0 Å². The quantitative estimate of drug-likeness (QED) is 0.940. The van der Waals surface area contributed by atoms with Crippen LogP contribution in [0.25, 0.3) is 0 Å². The lowest BCUT2D eigenvalue weighted by Crippen LogP contribution is -2.00. The standard InChI is InChI=1S/C10H10BrN3S/c1-7-6-15-10(14-7)5-13-9-3-2-8(11)4-12-9/h2-4,6H,5H2,1H3,(H,12,13). The summed E-state index contributed by atoms with van der Waals surface area (Å²) in [5, 5.41) is 6.35. The van der Waals surface area contributed by atoms with E-state index in [0.29, 0.717) is 0 Å². The molecule has 0 atom stereocenters. The molecule has 0 aliphatic heterocycles. The zero-order valence-electron chi connectivity index (χ0n) is 8.20. The van der Waals surface area contributed by atoms with Crippen molar-refractivity contribution in [2.75, 3.05) is 5.32 Å². The third kappa shape index (κ3) is 3.00. The van der Waals surface area contributed by atoms with Gasteiger partial charge in [0, 0.05) is 21.7 Å². The van der Waals surface area contributed by atoms with E-state index < -0.39 is 0 Å². The molecule has 3 nitrogen and oxygen atoms in total. The van der Waals surface area contributed by atoms with Crippen LogP contribution in [-0.4, -0.2) is 9.97 Å². The van der Waals surface area contributed by atoms with E-state index in [1.165, 1.54) is 0 Å². The second-order valence-electron chi connectivity index (χ2n) is 3.10. The van der Waals surface area contributed by atoms with E-state index in [2.05, 4.69) is 31.2 Å². The van der Waals surface area contributed by atoms with E-state index in [-0.39, 0.29) is 0 Å². The molecule has 0 aromatic carbocycles. The van der Waals surface area contributed by atoms with Crippen LogP contribution in [0.15, 0.2) is 28.2 Å². The van der Waals surface area contributed by atoms with Crippen LogP contribution in [0.3, 0.4) is 0 Å². The predicted molar refractivity (Wildman–Crippen MR) is 66.1 cm³/mol. The van der Waals surface area contributed by atoms with E-state index in [0.717, 1.165) is 27.5 Å². The zero-order valence-corrected chi connectivity index (χ0v) is 10.6. The molecule has 2 rings (SSSR count). The number of hydrogen-bond acceptors (Lipinski definition) is 4. The van der Waals surface area contributed by atoms with Crippen molar-refractivity contribution in [3.63, 3.8) is 0 Å². The highest BCUT2D eigenvalue weighted by molar-refractivity contribution is 9.10. The molecule has 0 spiro atoms.